The van der Waals surface area contributed by atoms with Crippen LogP contribution in [0.5, 0.6) is 11.5 Å². The van der Waals surface area contributed by atoms with Gasteiger partial charge in [0.05, 0.1) is 12.7 Å². The van der Waals surface area contributed by atoms with Crippen molar-refractivity contribution in [2.45, 2.75) is 19.4 Å². The molecule has 1 N–H and O–H groups in total. The predicted octanol–water partition coefficient (Wildman–Crippen LogP) is 2.40. The Morgan fingerprint density at radius 3 is 2.75 bits per heavy atom. The van der Waals surface area contributed by atoms with Gasteiger partial charge in [-0.1, -0.05) is 0 Å². The summed E-state index contributed by atoms with van der Waals surface area (Å²) in [6.45, 7) is 3.98. The molecule has 0 bridgehead atoms. The molecule has 0 saturated carbocycles. The van der Waals surface area contributed by atoms with Gasteiger partial charge in [-0.2, -0.15) is 0 Å². The second-order valence-corrected chi connectivity index (χ2v) is 4.27. The Morgan fingerprint density at radius 2 is 2.12 bits per heavy atom. The van der Waals surface area contributed by atoms with Crippen LogP contribution in [-0.2, 0) is 0 Å². The van der Waals surface area contributed by atoms with E-state index in [1.807, 2.05) is 32.1 Å². The summed E-state index contributed by atoms with van der Waals surface area (Å²) >= 11 is 0. The Balaban J connectivity index is 2.58. The van der Waals surface area contributed by atoms with Gasteiger partial charge in [0.25, 0.3) is 0 Å². The summed E-state index contributed by atoms with van der Waals surface area (Å²) in [7, 11) is 1.58. The molecule has 1 aliphatic heterocycles. The summed E-state index contributed by atoms with van der Waals surface area (Å²) in [5.41, 5.74) is 1.21. The fraction of sp³-hybridized carbons (Fsp3) is 0.308. The standard InChI is InChI=1S/C13H14O3/c1-13(2)7-6-10-11(16-13)5-4-9(8-14)12(10)15-3/h4-8H,1-3H3/p+1. The highest BCUT2D eigenvalue weighted by molar-refractivity contribution is 5.85. The zero-order valence-corrected chi connectivity index (χ0v) is 9.65. The van der Waals surface area contributed by atoms with Crippen LogP contribution < -0.4 is 9.47 Å². The number of aldehydes is 1. The Kier molecular flexibility index (Phi) is 2.46. The van der Waals surface area contributed by atoms with Crippen LogP contribution in [0.25, 0.3) is 6.08 Å². The predicted molar refractivity (Wildman–Crippen MR) is 63.8 cm³/mol. The molecule has 2 rings (SSSR count). The zero-order chi connectivity index (χ0) is 11.8. The van der Waals surface area contributed by atoms with Crippen LogP contribution in [0.1, 0.15) is 25.0 Å². The molecule has 0 aliphatic carbocycles. The van der Waals surface area contributed by atoms with Gasteiger partial charge in [-0.05, 0) is 38.1 Å². The normalized spacial score (nSPS) is 16.2. The molecule has 0 saturated heterocycles. The molecule has 0 atom stereocenters. The van der Waals surface area contributed by atoms with Crippen molar-refractivity contribution < 1.29 is 14.3 Å². The average Bonchev–Trinajstić information content (AvgIpc) is 2.26. The highest BCUT2D eigenvalue weighted by Crippen LogP contribution is 2.38. The molecule has 1 heterocycles. The lowest BCUT2D eigenvalue weighted by Crippen LogP contribution is -2.27. The van der Waals surface area contributed by atoms with Crippen molar-refractivity contribution in [1.82, 2.24) is 0 Å². The topological polar surface area (TPSA) is 39.9 Å². The zero-order valence-electron chi connectivity index (χ0n) is 9.65. The molecule has 84 valence electrons. The highest BCUT2D eigenvalue weighted by Gasteiger charge is 2.25. The van der Waals surface area contributed by atoms with Gasteiger partial charge in [0.2, 0.25) is 0 Å². The van der Waals surface area contributed by atoms with Crippen LogP contribution in [0.15, 0.2) is 18.2 Å². The molecular weight excluding hydrogens is 204 g/mol. The maximum atomic E-state index is 9.08. The fourth-order valence-corrected chi connectivity index (χ4v) is 1.78. The number of hydrogen-bond acceptors (Lipinski definition) is 2. The van der Waals surface area contributed by atoms with E-state index in [9.17, 15) is 0 Å². The first-order valence-electron chi connectivity index (χ1n) is 5.14. The molecule has 16 heavy (non-hydrogen) atoms. The van der Waals surface area contributed by atoms with Crippen molar-refractivity contribution in [3.8, 4) is 11.5 Å². The van der Waals surface area contributed by atoms with E-state index in [1.54, 1.807) is 13.2 Å². The molecule has 1 aromatic carbocycles. The smallest absolute Gasteiger partial charge is 0.316 e. The van der Waals surface area contributed by atoms with E-state index in [4.69, 9.17) is 14.3 Å². The first kappa shape index (κ1) is 10.7. The van der Waals surface area contributed by atoms with Gasteiger partial charge in [0.15, 0.2) is 0 Å². The second kappa shape index (κ2) is 3.67. The van der Waals surface area contributed by atoms with Crippen molar-refractivity contribution in [3.63, 3.8) is 0 Å². The molecule has 0 aromatic heterocycles. The van der Waals surface area contributed by atoms with Crippen LogP contribution >= 0.6 is 0 Å². The molecule has 0 amide bonds. The molecule has 1 aliphatic rings. The van der Waals surface area contributed by atoms with Crippen LogP contribution in [-0.4, -0.2) is 23.8 Å². The number of benzene rings is 1. The largest absolute Gasteiger partial charge is 0.495 e. The minimum atomic E-state index is -0.303. The van der Waals surface area contributed by atoms with Gasteiger partial charge in [-0.3, -0.25) is 4.79 Å². The van der Waals surface area contributed by atoms with Crippen molar-refractivity contribution in [3.05, 3.63) is 29.3 Å². The number of methoxy groups -OCH3 is 1. The molecule has 0 radical (unpaired) electrons. The van der Waals surface area contributed by atoms with E-state index in [1.165, 1.54) is 0 Å². The summed E-state index contributed by atoms with van der Waals surface area (Å²) in [6.07, 6.45) is 4.97. The van der Waals surface area contributed by atoms with Gasteiger partial charge < -0.3 is 9.47 Å². The summed E-state index contributed by atoms with van der Waals surface area (Å²) < 4.78 is 11.1. The minimum Gasteiger partial charge on any atom is -0.495 e. The second-order valence-electron chi connectivity index (χ2n) is 4.27. The van der Waals surface area contributed by atoms with Gasteiger partial charge in [0, 0.05) is 0 Å². The highest BCUT2D eigenvalue weighted by atomic mass is 16.5. The number of fused-ring (bicyclic) bond motifs is 1. The molecule has 3 heteroatoms. The van der Waals surface area contributed by atoms with Crippen molar-refractivity contribution in [2.75, 3.05) is 7.11 Å². The fourth-order valence-electron chi connectivity index (χ4n) is 1.78. The summed E-state index contributed by atoms with van der Waals surface area (Å²) in [6, 6.07) is 3.61. The van der Waals surface area contributed by atoms with Gasteiger partial charge in [-0.25, -0.2) is 0 Å². The summed E-state index contributed by atoms with van der Waals surface area (Å²) in [4.78, 5) is 9.08. The van der Waals surface area contributed by atoms with Crippen LogP contribution in [0, 0.1) is 0 Å². The number of ether oxygens (including phenoxy) is 2. The van der Waals surface area contributed by atoms with Crippen molar-refractivity contribution >= 4 is 12.4 Å². The molecule has 3 nitrogen and oxygen atoms in total. The van der Waals surface area contributed by atoms with Gasteiger partial charge in [0.1, 0.15) is 22.7 Å². The monoisotopic (exact) mass is 219 g/mol. The van der Waals surface area contributed by atoms with Crippen molar-refractivity contribution in [1.29, 1.82) is 0 Å². The van der Waals surface area contributed by atoms with Crippen LogP contribution in [0.4, 0.5) is 0 Å². The van der Waals surface area contributed by atoms with E-state index >= 15 is 0 Å². The lowest BCUT2D eigenvalue weighted by molar-refractivity contribution is 0.158. The Bertz CT molecular complexity index is 458. The van der Waals surface area contributed by atoms with Crippen molar-refractivity contribution in [2.24, 2.45) is 0 Å². The van der Waals surface area contributed by atoms with Gasteiger partial charge >= 0.3 is 6.29 Å². The van der Waals surface area contributed by atoms with E-state index < -0.39 is 0 Å². The van der Waals surface area contributed by atoms with E-state index in [0.717, 1.165) is 17.6 Å². The Labute approximate surface area is 94.7 Å². The van der Waals surface area contributed by atoms with Crippen LogP contribution in [0.2, 0.25) is 0 Å². The molecule has 0 unspecified atom stereocenters. The third-order valence-electron chi connectivity index (χ3n) is 2.55. The number of carbonyl (C=O) groups excluding carboxylic acids is 1. The summed E-state index contributed by atoms with van der Waals surface area (Å²) in [5.74, 6) is 1.40. The molecule has 0 fully saturated rings. The Morgan fingerprint density at radius 1 is 1.38 bits per heavy atom. The van der Waals surface area contributed by atoms with E-state index in [2.05, 4.69) is 0 Å². The van der Waals surface area contributed by atoms with Crippen LogP contribution in [0.3, 0.4) is 0 Å². The summed E-state index contributed by atoms with van der Waals surface area (Å²) in [5, 5.41) is 0. The Hall–Kier alpha value is -1.77. The average molecular weight is 219 g/mol. The number of rotatable bonds is 2. The molecule has 1 aromatic rings. The maximum Gasteiger partial charge on any atom is 0.316 e. The third kappa shape index (κ3) is 1.69. The SMILES string of the molecule is COc1c(C=[OH+])ccc2c1C=CC(C)(C)O2. The first-order valence-corrected chi connectivity index (χ1v) is 5.14. The van der Waals surface area contributed by atoms with E-state index in [-0.39, 0.29) is 5.60 Å². The minimum absolute atomic E-state index is 0.303. The maximum absolute atomic E-state index is 9.08. The lowest BCUT2D eigenvalue weighted by Gasteiger charge is -2.28. The lowest BCUT2D eigenvalue weighted by atomic mass is 10.00. The quantitative estimate of drug-likeness (QED) is 0.566. The third-order valence-corrected chi connectivity index (χ3v) is 2.55. The first-order chi connectivity index (χ1) is 7.57. The van der Waals surface area contributed by atoms with Gasteiger partial charge in [-0.15, -0.1) is 0 Å². The molecule has 0 spiro atoms. The molecular formula is C13H15O3+. The van der Waals surface area contributed by atoms with E-state index in [0.29, 0.717) is 11.3 Å². The number of hydrogen-bond donors (Lipinski definition) is 0.